The van der Waals surface area contributed by atoms with Crippen LogP contribution < -0.4 is 9.64 Å². The monoisotopic (exact) mass is 565 g/mol. The molecule has 7 nitrogen and oxygen atoms in total. The van der Waals surface area contributed by atoms with E-state index in [0.29, 0.717) is 34.8 Å². The Morgan fingerprint density at radius 1 is 1.14 bits per heavy atom. The Balaban J connectivity index is 1.55. The Labute approximate surface area is 231 Å². The van der Waals surface area contributed by atoms with E-state index in [0.717, 1.165) is 25.7 Å². The van der Waals surface area contributed by atoms with E-state index < -0.39 is 15.7 Å². The number of hydrogen-bond donors (Lipinski definition) is 4. The topological polar surface area (TPSA) is 84.3 Å². The van der Waals surface area contributed by atoms with Gasteiger partial charge >= 0.3 is 0 Å². The van der Waals surface area contributed by atoms with Gasteiger partial charge in [0.25, 0.3) is 0 Å². The summed E-state index contributed by atoms with van der Waals surface area (Å²) >= 11 is 12.1. The Morgan fingerprint density at radius 3 is 2.57 bits per heavy atom. The number of thiol groups is 3. The van der Waals surface area contributed by atoms with Crippen molar-refractivity contribution in [2.75, 3.05) is 11.9 Å². The first-order valence-electron chi connectivity index (χ1n) is 12.0. The standard InChI is InChI=1S/C25H29F2N5O2S3/c1-3-14-5-4-6-18(26)19(9-14)32(2)22-13-28-24(31-30-22)17-8-7-15(10-20(17)33)16-11-21(27)29-23(12-16)34-25(35,36)37/h7-8,10-14,18-19,33,35-37H,3-6,9H2,1-2H3/t14-,18+,19-/m1/s1. The molecule has 0 bridgehead atoms. The summed E-state index contributed by atoms with van der Waals surface area (Å²) < 4.78 is 32.8. The summed E-state index contributed by atoms with van der Waals surface area (Å²) in [5.41, 5.74) is 1.27. The average Bonchev–Trinajstić information content (AvgIpc) is 3.03. The van der Waals surface area contributed by atoms with Crippen LogP contribution in [0.25, 0.3) is 22.5 Å². The molecule has 37 heavy (non-hydrogen) atoms. The van der Waals surface area contributed by atoms with E-state index in [1.165, 1.54) is 24.4 Å². The second-order valence-corrected chi connectivity index (χ2v) is 12.1. The number of alkyl halides is 1. The van der Waals surface area contributed by atoms with Gasteiger partial charge in [0.2, 0.25) is 15.4 Å². The van der Waals surface area contributed by atoms with Crippen molar-refractivity contribution in [2.45, 2.75) is 54.8 Å². The van der Waals surface area contributed by atoms with Gasteiger partial charge in [0.05, 0.1) is 17.8 Å². The zero-order chi connectivity index (χ0) is 26.7. The molecular formula is C25H29F2N5O2S3. The van der Waals surface area contributed by atoms with Gasteiger partial charge in [-0.25, -0.2) is 9.37 Å². The van der Waals surface area contributed by atoms with E-state index in [4.69, 9.17) is 4.74 Å². The van der Waals surface area contributed by atoms with Crippen LogP contribution in [0, 0.1) is 11.9 Å². The van der Waals surface area contributed by atoms with Crippen molar-refractivity contribution < 1.29 is 18.6 Å². The second kappa shape index (κ2) is 11.6. The summed E-state index contributed by atoms with van der Waals surface area (Å²) in [5, 5.41) is 19.1. The lowest BCUT2D eigenvalue weighted by atomic mass is 9.94. The fraction of sp³-hybridized carbons (Fsp3) is 0.440. The number of hydrogen-bond acceptors (Lipinski definition) is 10. The van der Waals surface area contributed by atoms with E-state index in [2.05, 4.69) is 65.0 Å². The Bertz CT molecular complexity index is 1230. The number of nitrogens with zero attached hydrogens (tertiary/aromatic N) is 5. The maximum Gasteiger partial charge on any atom is 0.242 e. The average molecular weight is 566 g/mol. The Kier molecular flexibility index (Phi) is 8.70. The van der Waals surface area contributed by atoms with E-state index in [9.17, 15) is 13.9 Å². The molecular weight excluding hydrogens is 537 g/mol. The third-order valence-electron chi connectivity index (χ3n) is 6.65. The first-order chi connectivity index (χ1) is 17.5. The Hall–Kier alpha value is -2.31. The molecule has 1 aliphatic carbocycles. The molecule has 0 radical (unpaired) electrons. The van der Waals surface area contributed by atoms with Gasteiger partial charge in [-0.15, -0.1) is 48.1 Å². The quantitative estimate of drug-likeness (QED) is 0.122. The van der Waals surface area contributed by atoms with Crippen molar-refractivity contribution >= 4 is 43.7 Å². The molecule has 0 saturated heterocycles. The first-order valence-corrected chi connectivity index (χ1v) is 13.3. The third kappa shape index (κ3) is 6.97. The summed E-state index contributed by atoms with van der Waals surface area (Å²) in [6.07, 6.45) is 4.86. The van der Waals surface area contributed by atoms with Crippen molar-refractivity contribution in [3.63, 3.8) is 0 Å². The van der Waals surface area contributed by atoms with Crippen LogP contribution in [-0.4, -0.2) is 48.1 Å². The van der Waals surface area contributed by atoms with Gasteiger partial charge < -0.3 is 14.7 Å². The number of aromatic hydroxyl groups is 1. The van der Waals surface area contributed by atoms with Crippen LogP contribution in [0.15, 0.2) is 36.5 Å². The van der Waals surface area contributed by atoms with E-state index in [1.54, 1.807) is 12.1 Å². The number of pyridine rings is 1. The minimum atomic E-state index is -1.45. The van der Waals surface area contributed by atoms with Crippen molar-refractivity contribution in [3.8, 4) is 34.1 Å². The molecule has 0 amide bonds. The highest BCUT2D eigenvalue weighted by Crippen LogP contribution is 2.35. The molecule has 1 aliphatic rings. The molecule has 1 fully saturated rings. The number of rotatable bonds is 7. The van der Waals surface area contributed by atoms with Crippen LogP contribution in [0.5, 0.6) is 11.6 Å². The van der Waals surface area contributed by atoms with E-state index >= 15 is 0 Å². The van der Waals surface area contributed by atoms with E-state index in [-0.39, 0.29) is 23.5 Å². The molecule has 1 saturated carbocycles. The zero-order valence-electron chi connectivity index (χ0n) is 20.4. The minimum Gasteiger partial charge on any atom is -0.507 e. The van der Waals surface area contributed by atoms with Gasteiger partial charge in [-0.1, -0.05) is 32.3 Å². The van der Waals surface area contributed by atoms with Gasteiger partial charge in [-0.3, -0.25) is 0 Å². The summed E-state index contributed by atoms with van der Waals surface area (Å²) in [5.74, 6) is 0.192. The molecule has 0 aliphatic heterocycles. The maximum atomic E-state index is 14.9. The van der Waals surface area contributed by atoms with E-state index in [1.807, 2.05) is 11.9 Å². The first kappa shape index (κ1) is 27.7. The highest BCUT2D eigenvalue weighted by atomic mass is 32.2. The number of phenols is 1. The summed E-state index contributed by atoms with van der Waals surface area (Å²) in [6, 6.07) is 7.14. The van der Waals surface area contributed by atoms with Gasteiger partial charge in [0, 0.05) is 19.2 Å². The number of halogens is 2. The summed E-state index contributed by atoms with van der Waals surface area (Å²) in [6.45, 7) is 2.14. The zero-order valence-corrected chi connectivity index (χ0v) is 23.1. The van der Waals surface area contributed by atoms with Crippen molar-refractivity contribution in [1.29, 1.82) is 0 Å². The van der Waals surface area contributed by atoms with Crippen molar-refractivity contribution in [3.05, 3.63) is 42.5 Å². The number of ether oxygens (including phenoxy) is 1. The van der Waals surface area contributed by atoms with Crippen LogP contribution in [0.3, 0.4) is 0 Å². The van der Waals surface area contributed by atoms with Crippen LogP contribution in [0.1, 0.15) is 39.0 Å². The number of aromatic nitrogens is 4. The largest absolute Gasteiger partial charge is 0.507 e. The highest BCUT2D eigenvalue weighted by molar-refractivity contribution is 8.16. The lowest BCUT2D eigenvalue weighted by Gasteiger charge is -2.31. The molecule has 3 atom stereocenters. The fourth-order valence-electron chi connectivity index (χ4n) is 4.63. The molecule has 0 spiro atoms. The molecule has 12 heteroatoms. The minimum absolute atomic E-state index is 0.0692. The van der Waals surface area contributed by atoms with Gasteiger partial charge in [0.1, 0.15) is 11.9 Å². The van der Waals surface area contributed by atoms with Crippen LogP contribution in [0.2, 0.25) is 0 Å². The van der Waals surface area contributed by atoms with Gasteiger partial charge in [-0.2, -0.15) is 9.37 Å². The number of benzene rings is 1. The predicted molar refractivity (Wildman–Crippen MR) is 150 cm³/mol. The molecule has 198 valence electrons. The predicted octanol–water partition coefficient (Wildman–Crippen LogP) is 5.97. The molecule has 3 aromatic rings. The Morgan fingerprint density at radius 2 is 1.92 bits per heavy atom. The lowest BCUT2D eigenvalue weighted by Crippen LogP contribution is -2.40. The second-order valence-electron chi connectivity index (χ2n) is 9.20. The van der Waals surface area contributed by atoms with Gasteiger partial charge in [-0.05, 0) is 42.0 Å². The van der Waals surface area contributed by atoms with Crippen LogP contribution >= 0.6 is 37.9 Å². The molecule has 0 unspecified atom stereocenters. The smallest absolute Gasteiger partial charge is 0.242 e. The molecule has 1 N–H and O–H groups in total. The molecule has 1 aromatic carbocycles. The van der Waals surface area contributed by atoms with Crippen LogP contribution in [-0.2, 0) is 0 Å². The number of anilines is 1. The SMILES string of the molecule is CC[C@@H]1CCC[C@H](F)[C@H](N(C)c2cnc(-c3ccc(-c4cc(F)nc(OC(S)(S)S)c4)cc3O)nn2)C1. The van der Waals surface area contributed by atoms with Gasteiger partial charge in [0.15, 0.2) is 11.6 Å². The summed E-state index contributed by atoms with van der Waals surface area (Å²) in [4.78, 5) is 9.84. The van der Waals surface area contributed by atoms with Crippen molar-refractivity contribution in [1.82, 2.24) is 20.2 Å². The maximum absolute atomic E-state index is 14.9. The lowest BCUT2D eigenvalue weighted by molar-refractivity contribution is 0.253. The number of phenolic OH excluding ortho intramolecular Hbond substituents is 1. The highest BCUT2D eigenvalue weighted by Gasteiger charge is 2.31. The fourth-order valence-corrected chi connectivity index (χ4v) is 4.91. The third-order valence-corrected chi connectivity index (χ3v) is 6.93. The molecule has 2 aromatic heterocycles. The van der Waals surface area contributed by atoms with Crippen molar-refractivity contribution in [2.24, 2.45) is 5.92 Å². The van der Waals surface area contributed by atoms with Crippen LogP contribution in [0.4, 0.5) is 14.6 Å². The molecule has 4 rings (SSSR count). The molecule has 2 heterocycles. The summed E-state index contributed by atoms with van der Waals surface area (Å²) in [7, 11) is 1.82. The normalized spacial score (nSPS) is 20.4.